The molecule has 2 saturated heterocycles. The summed E-state index contributed by atoms with van der Waals surface area (Å²) >= 11 is 0. The second kappa shape index (κ2) is 69.4. The van der Waals surface area contributed by atoms with Gasteiger partial charge < -0.3 is 65.1 Å². The summed E-state index contributed by atoms with van der Waals surface area (Å²) in [6.45, 7) is 2.70. The third-order valence-electron chi connectivity index (χ3n) is 19.4. The molecule has 12 unspecified atom stereocenters. The largest absolute Gasteiger partial charge is 0.394 e. The maximum atomic E-state index is 13.4. The van der Waals surface area contributed by atoms with Gasteiger partial charge in [0.05, 0.1) is 32.0 Å². The molecule has 2 rings (SSSR count). The maximum absolute atomic E-state index is 13.4. The smallest absolute Gasteiger partial charge is 0.220 e. The quantitative estimate of drug-likeness (QED) is 0.0204. The first-order valence-electron chi connectivity index (χ1n) is 41.3. The first-order valence-corrected chi connectivity index (χ1v) is 41.3. The summed E-state index contributed by atoms with van der Waals surface area (Å²) in [5.74, 6) is -0.250. The summed E-state index contributed by atoms with van der Waals surface area (Å²) < 4.78 is 22.9. The van der Waals surface area contributed by atoms with Crippen molar-refractivity contribution in [1.29, 1.82) is 0 Å². The lowest BCUT2D eigenvalue weighted by Crippen LogP contribution is -2.65. The molecular weight excluding hydrogens is 1270 g/mol. The minimum Gasteiger partial charge on any atom is -0.394 e. The van der Waals surface area contributed by atoms with E-state index < -0.39 is 86.8 Å². The number of ether oxygens (including phenoxy) is 4. The second-order valence-corrected chi connectivity index (χ2v) is 28.5. The van der Waals surface area contributed by atoms with Crippen LogP contribution in [0.2, 0.25) is 0 Å². The predicted octanol–water partition coefficient (Wildman–Crippen LogP) is 19.2. The summed E-state index contributed by atoms with van der Waals surface area (Å²) in [6.07, 6.45) is 85.7. The van der Waals surface area contributed by atoms with Crippen molar-refractivity contribution in [1.82, 2.24) is 5.32 Å². The van der Waals surface area contributed by atoms with Gasteiger partial charge in [-0.2, -0.15) is 0 Å². The standard InChI is InChI=1S/C87H151NO13/c1-3-5-7-9-11-13-15-17-19-21-23-25-27-29-31-33-34-35-36-37-38-39-40-41-42-43-45-47-49-51-53-55-57-59-61-63-65-67-69-71-79(92)88-75(74-98-86-84(97)82(95)85(78(73-90)100-86)101-87-83(96)81(94)80(93)77(72-89)99-87)76(91)70-68-66-64-62-60-58-56-54-52-50-48-46-44-32-30-28-26-24-22-20-18-16-14-12-10-8-6-4-2/h5,7,11,13,17,19,23,25,29,31,34-35,37-38,40-41,60,62,68,70,75-78,80-87,89-91,93-97H,3-4,6,8-10,12,14-16,18,20-22,24,26-28,30,32-33,36,39,42-59,61,63-67,69,71-74H2,1-2H3,(H,88,92)/b7-5-,13-11-,19-17-,25-23-,31-29-,35-34-,38-37-,41-40-,62-60+,70-68+. The molecule has 0 aromatic rings. The van der Waals surface area contributed by atoms with Crippen molar-refractivity contribution in [3.63, 3.8) is 0 Å². The fraction of sp³-hybridized carbons (Fsp3) is 0.759. The van der Waals surface area contributed by atoms with Gasteiger partial charge in [-0.1, -0.05) is 347 Å². The molecule has 582 valence electrons. The normalized spacial score (nSPS) is 22.4. The number of amides is 1. The molecule has 9 N–H and O–H groups in total. The summed E-state index contributed by atoms with van der Waals surface area (Å²) in [7, 11) is 0. The van der Waals surface area contributed by atoms with E-state index in [0.717, 1.165) is 89.9 Å². The fourth-order valence-electron chi connectivity index (χ4n) is 12.9. The monoisotopic (exact) mass is 1420 g/mol. The molecule has 0 saturated carbocycles. The molecule has 2 aliphatic rings. The van der Waals surface area contributed by atoms with Crippen molar-refractivity contribution in [2.45, 2.75) is 402 Å². The highest BCUT2D eigenvalue weighted by molar-refractivity contribution is 5.76. The Balaban J connectivity index is 1.62. The van der Waals surface area contributed by atoms with Gasteiger partial charge >= 0.3 is 0 Å². The minimum absolute atomic E-state index is 0.250. The Kier molecular flexibility index (Phi) is 64.3. The first kappa shape index (κ1) is 93.5. The number of hydrogen-bond acceptors (Lipinski definition) is 13. The number of carbonyl (C=O) groups is 1. The topological polar surface area (TPSA) is 228 Å². The van der Waals surface area contributed by atoms with Gasteiger partial charge in [0.15, 0.2) is 12.6 Å². The van der Waals surface area contributed by atoms with Gasteiger partial charge in [0.2, 0.25) is 5.91 Å². The molecule has 14 nitrogen and oxygen atoms in total. The van der Waals surface area contributed by atoms with Crippen LogP contribution < -0.4 is 5.32 Å². The van der Waals surface area contributed by atoms with E-state index in [0.29, 0.717) is 12.8 Å². The molecule has 2 heterocycles. The van der Waals surface area contributed by atoms with Gasteiger partial charge in [-0.05, 0) is 96.3 Å². The molecule has 101 heavy (non-hydrogen) atoms. The molecule has 0 bridgehead atoms. The average molecular weight is 1420 g/mol. The van der Waals surface area contributed by atoms with E-state index in [1.807, 2.05) is 6.08 Å². The molecule has 2 fully saturated rings. The van der Waals surface area contributed by atoms with E-state index in [-0.39, 0.29) is 18.9 Å². The molecule has 1 amide bonds. The molecule has 12 atom stereocenters. The lowest BCUT2D eigenvalue weighted by Gasteiger charge is -2.46. The maximum Gasteiger partial charge on any atom is 0.220 e. The van der Waals surface area contributed by atoms with Crippen LogP contribution in [0.4, 0.5) is 0 Å². The van der Waals surface area contributed by atoms with E-state index in [2.05, 4.69) is 129 Å². The van der Waals surface area contributed by atoms with Crippen molar-refractivity contribution in [3.8, 4) is 0 Å². The van der Waals surface area contributed by atoms with Gasteiger partial charge in [-0.15, -0.1) is 0 Å². The Morgan fingerprint density at radius 1 is 0.366 bits per heavy atom. The fourth-order valence-corrected chi connectivity index (χ4v) is 12.9. The second-order valence-electron chi connectivity index (χ2n) is 28.5. The molecule has 0 aliphatic carbocycles. The Bertz CT molecular complexity index is 2170. The number of aliphatic hydroxyl groups is 8. The zero-order valence-electron chi connectivity index (χ0n) is 63.9. The van der Waals surface area contributed by atoms with Crippen LogP contribution in [0.5, 0.6) is 0 Å². The van der Waals surface area contributed by atoms with Crippen molar-refractivity contribution in [2.24, 2.45) is 0 Å². The molecule has 0 aromatic heterocycles. The van der Waals surface area contributed by atoms with E-state index in [1.165, 1.54) is 205 Å². The van der Waals surface area contributed by atoms with Gasteiger partial charge in [0.1, 0.15) is 48.8 Å². The molecule has 14 heteroatoms. The third-order valence-corrected chi connectivity index (χ3v) is 19.4. The van der Waals surface area contributed by atoms with Crippen molar-refractivity contribution in [2.75, 3.05) is 19.8 Å². The van der Waals surface area contributed by atoms with Crippen LogP contribution in [-0.4, -0.2) is 140 Å². The molecule has 2 aliphatic heterocycles. The lowest BCUT2D eigenvalue weighted by molar-refractivity contribution is -0.359. The molecule has 0 aromatic carbocycles. The Morgan fingerprint density at radius 2 is 0.693 bits per heavy atom. The van der Waals surface area contributed by atoms with Crippen molar-refractivity contribution < 1.29 is 64.6 Å². The Labute approximate surface area is 616 Å². The van der Waals surface area contributed by atoms with Crippen LogP contribution in [0.1, 0.15) is 328 Å². The number of hydrogen-bond donors (Lipinski definition) is 9. The molecule has 0 spiro atoms. The van der Waals surface area contributed by atoms with Crippen LogP contribution in [-0.2, 0) is 23.7 Å². The predicted molar refractivity (Wildman–Crippen MR) is 419 cm³/mol. The SMILES string of the molecule is CC/C=C\C/C=C\C/C=C\C/C=C\C/C=C\C/C=C\C/C=C\C/C=C\CCCCCCCCCCCCCCCCC(=O)NC(COC1OC(CO)C(OC2OC(CO)C(O)C(O)C2O)C(O)C1O)C(O)/C=C/CC/C=C/CCCCCCCCCCCCCCCCCCCCCCCC. The van der Waals surface area contributed by atoms with E-state index in [9.17, 15) is 45.6 Å². The highest BCUT2D eigenvalue weighted by Gasteiger charge is 2.51. The van der Waals surface area contributed by atoms with Gasteiger partial charge in [0.25, 0.3) is 0 Å². The third kappa shape index (κ3) is 52.1. The van der Waals surface area contributed by atoms with Crippen LogP contribution in [0.25, 0.3) is 0 Å². The van der Waals surface area contributed by atoms with Crippen LogP contribution in [0.15, 0.2) is 122 Å². The average Bonchev–Trinajstić information content (AvgIpc) is 0.790. The highest BCUT2D eigenvalue weighted by atomic mass is 16.7. The number of allylic oxidation sites excluding steroid dienone is 19. The zero-order valence-corrected chi connectivity index (χ0v) is 63.9. The van der Waals surface area contributed by atoms with Crippen molar-refractivity contribution in [3.05, 3.63) is 122 Å². The first-order chi connectivity index (χ1) is 49.6. The minimum atomic E-state index is -1.80. The molecule has 0 radical (unpaired) electrons. The van der Waals surface area contributed by atoms with Gasteiger partial charge in [0, 0.05) is 6.42 Å². The van der Waals surface area contributed by atoms with Crippen LogP contribution >= 0.6 is 0 Å². The Hall–Kier alpha value is -3.61. The lowest BCUT2D eigenvalue weighted by atomic mass is 9.97. The number of rotatable bonds is 68. The zero-order chi connectivity index (χ0) is 73.0. The van der Waals surface area contributed by atoms with Crippen LogP contribution in [0, 0.1) is 0 Å². The van der Waals surface area contributed by atoms with E-state index in [4.69, 9.17) is 18.9 Å². The summed E-state index contributed by atoms with van der Waals surface area (Å²) in [5.41, 5.74) is 0. The number of aliphatic hydroxyl groups excluding tert-OH is 8. The van der Waals surface area contributed by atoms with E-state index in [1.54, 1.807) is 6.08 Å². The summed E-state index contributed by atoms with van der Waals surface area (Å²) in [6, 6.07) is -0.941. The number of unbranched alkanes of at least 4 members (excludes halogenated alkanes) is 37. The number of carbonyl (C=O) groups excluding carboxylic acids is 1. The number of nitrogens with one attached hydrogen (secondary N) is 1. The van der Waals surface area contributed by atoms with E-state index >= 15 is 0 Å². The van der Waals surface area contributed by atoms with Crippen molar-refractivity contribution >= 4 is 5.91 Å². The summed E-state index contributed by atoms with van der Waals surface area (Å²) in [4.78, 5) is 13.4. The Morgan fingerprint density at radius 3 is 1.09 bits per heavy atom. The van der Waals surface area contributed by atoms with Gasteiger partial charge in [-0.3, -0.25) is 4.79 Å². The molecular formula is C87H151NO13. The van der Waals surface area contributed by atoms with Crippen LogP contribution in [0.3, 0.4) is 0 Å². The summed E-state index contributed by atoms with van der Waals surface area (Å²) in [5, 5.41) is 87.7. The highest BCUT2D eigenvalue weighted by Crippen LogP contribution is 2.30. The van der Waals surface area contributed by atoms with Gasteiger partial charge in [-0.25, -0.2) is 0 Å².